The van der Waals surface area contributed by atoms with Gasteiger partial charge in [-0.1, -0.05) is 36.8 Å². The van der Waals surface area contributed by atoms with Crippen LogP contribution in [0.25, 0.3) is 16.9 Å². The molecule has 102 valence electrons. The zero-order valence-electron chi connectivity index (χ0n) is 11.7. The lowest BCUT2D eigenvalue weighted by Crippen LogP contribution is -2.00. The predicted octanol–water partition coefficient (Wildman–Crippen LogP) is 3.49. The van der Waals surface area contributed by atoms with Gasteiger partial charge in [-0.15, -0.1) is 5.10 Å². The molecular formula is C16H17N3O. The van der Waals surface area contributed by atoms with Crippen LogP contribution in [0, 0.1) is 6.92 Å². The molecule has 0 saturated carbocycles. The average molecular weight is 267 g/mol. The summed E-state index contributed by atoms with van der Waals surface area (Å²) < 4.78 is 7.30. The maximum absolute atomic E-state index is 5.53. The van der Waals surface area contributed by atoms with Crippen molar-refractivity contribution < 1.29 is 4.74 Å². The molecule has 0 aliphatic carbocycles. The summed E-state index contributed by atoms with van der Waals surface area (Å²) in [6.45, 7) is 4.83. The van der Waals surface area contributed by atoms with E-state index in [1.807, 2.05) is 18.3 Å². The number of ether oxygens (including phenoxy) is 1. The van der Waals surface area contributed by atoms with Crippen LogP contribution < -0.4 is 4.74 Å². The summed E-state index contributed by atoms with van der Waals surface area (Å²) >= 11 is 0. The van der Waals surface area contributed by atoms with Gasteiger partial charge in [0.05, 0.1) is 18.5 Å². The van der Waals surface area contributed by atoms with Crippen molar-refractivity contribution >= 4 is 5.65 Å². The van der Waals surface area contributed by atoms with Crippen LogP contribution in [0.5, 0.6) is 5.88 Å². The molecule has 0 amide bonds. The quantitative estimate of drug-likeness (QED) is 0.726. The highest BCUT2D eigenvalue weighted by Crippen LogP contribution is 2.20. The second kappa shape index (κ2) is 5.33. The van der Waals surface area contributed by atoms with Crippen LogP contribution in [-0.2, 0) is 0 Å². The third-order valence-corrected chi connectivity index (χ3v) is 3.10. The van der Waals surface area contributed by atoms with Crippen molar-refractivity contribution in [2.24, 2.45) is 0 Å². The summed E-state index contributed by atoms with van der Waals surface area (Å²) in [4.78, 5) is 4.58. The minimum atomic E-state index is 0.632. The van der Waals surface area contributed by atoms with Gasteiger partial charge in [0.1, 0.15) is 0 Å². The van der Waals surface area contributed by atoms with Crippen molar-refractivity contribution in [2.45, 2.75) is 20.3 Å². The summed E-state index contributed by atoms with van der Waals surface area (Å²) in [5.74, 6) is 0.632. The highest BCUT2D eigenvalue weighted by Gasteiger charge is 2.06. The smallest absolute Gasteiger partial charge is 0.231 e. The Bertz CT molecular complexity index is 716. The van der Waals surface area contributed by atoms with Crippen LogP contribution in [0.1, 0.15) is 18.9 Å². The van der Waals surface area contributed by atoms with Gasteiger partial charge in [0.15, 0.2) is 5.65 Å². The molecule has 0 bridgehead atoms. The molecule has 0 radical (unpaired) electrons. The minimum absolute atomic E-state index is 0.632. The third kappa shape index (κ3) is 2.50. The van der Waals surface area contributed by atoms with Crippen LogP contribution in [-0.4, -0.2) is 21.2 Å². The summed E-state index contributed by atoms with van der Waals surface area (Å²) in [7, 11) is 0. The number of aromatic nitrogens is 3. The van der Waals surface area contributed by atoms with Gasteiger partial charge in [-0.25, -0.2) is 9.50 Å². The van der Waals surface area contributed by atoms with Crippen molar-refractivity contribution in [1.82, 2.24) is 14.6 Å². The van der Waals surface area contributed by atoms with E-state index in [9.17, 15) is 0 Å². The Kier molecular flexibility index (Phi) is 3.37. The van der Waals surface area contributed by atoms with E-state index in [-0.39, 0.29) is 0 Å². The van der Waals surface area contributed by atoms with E-state index in [4.69, 9.17) is 4.74 Å². The highest BCUT2D eigenvalue weighted by atomic mass is 16.5. The normalized spacial score (nSPS) is 10.9. The van der Waals surface area contributed by atoms with E-state index < -0.39 is 0 Å². The first-order chi connectivity index (χ1) is 9.76. The Balaban J connectivity index is 1.95. The van der Waals surface area contributed by atoms with Gasteiger partial charge in [-0.3, -0.25) is 0 Å². The second-order valence-electron chi connectivity index (χ2n) is 4.81. The fourth-order valence-corrected chi connectivity index (χ4v) is 2.01. The Hall–Kier alpha value is -2.36. The van der Waals surface area contributed by atoms with Gasteiger partial charge >= 0.3 is 0 Å². The van der Waals surface area contributed by atoms with Crippen LogP contribution in [0.2, 0.25) is 0 Å². The van der Waals surface area contributed by atoms with Gasteiger partial charge < -0.3 is 4.74 Å². The first-order valence-corrected chi connectivity index (χ1v) is 6.82. The van der Waals surface area contributed by atoms with Gasteiger partial charge in [-0.2, -0.15) is 0 Å². The number of aryl methyl sites for hydroxylation is 1. The molecular weight excluding hydrogens is 250 g/mol. The lowest BCUT2D eigenvalue weighted by Gasteiger charge is -2.02. The lowest BCUT2D eigenvalue weighted by atomic mass is 10.1. The molecule has 2 aromatic heterocycles. The fraction of sp³-hybridized carbons (Fsp3) is 0.250. The Morgan fingerprint density at radius 2 is 1.90 bits per heavy atom. The summed E-state index contributed by atoms with van der Waals surface area (Å²) in [5.41, 5.74) is 4.08. The molecule has 0 atom stereocenters. The largest absolute Gasteiger partial charge is 0.477 e. The Labute approximate surface area is 118 Å². The van der Waals surface area contributed by atoms with Gasteiger partial charge in [-0.05, 0) is 19.4 Å². The van der Waals surface area contributed by atoms with E-state index in [1.165, 1.54) is 5.56 Å². The second-order valence-corrected chi connectivity index (χ2v) is 4.81. The molecule has 20 heavy (non-hydrogen) atoms. The third-order valence-electron chi connectivity index (χ3n) is 3.10. The predicted molar refractivity (Wildman–Crippen MR) is 78.9 cm³/mol. The number of hydrogen-bond acceptors (Lipinski definition) is 3. The molecule has 3 rings (SSSR count). The van der Waals surface area contributed by atoms with E-state index >= 15 is 0 Å². The number of rotatable bonds is 4. The van der Waals surface area contributed by atoms with Crippen LogP contribution >= 0.6 is 0 Å². The highest BCUT2D eigenvalue weighted by molar-refractivity contribution is 5.62. The lowest BCUT2D eigenvalue weighted by molar-refractivity contribution is 0.300. The molecule has 2 heterocycles. The molecule has 1 aromatic carbocycles. The molecule has 0 aliphatic rings. The van der Waals surface area contributed by atoms with Crippen molar-refractivity contribution in [3.8, 4) is 17.1 Å². The number of nitrogens with zero attached hydrogens (tertiary/aromatic N) is 3. The van der Waals surface area contributed by atoms with Crippen molar-refractivity contribution in [3.05, 3.63) is 48.2 Å². The SMILES string of the molecule is CCCOc1ccc2nc(-c3ccc(C)cc3)cn2n1. The maximum atomic E-state index is 5.53. The van der Waals surface area contributed by atoms with Crippen molar-refractivity contribution in [1.29, 1.82) is 0 Å². The molecule has 0 fully saturated rings. The number of benzene rings is 1. The van der Waals surface area contributed by atoms with E-state index in [1.54, 1.807) is 4.52 Å². The molecule has 0 spiro atoms. The van der Waals surface area contributed by atoms with Gasteiger partial charge in [0.25, 0.3) is 0 Å². The van der Waals surface area contributed by atoms with Crippen LogP contribution in [0.3, 0.4) is 0 Å². The molecule has 3 aromatic rings. The average Bonchev–Trinajstić information content (AvgIpc) is 2.89. The zero-order valence-corrected chi connectivity index (χ0v) is 11.7. The first-order valence-electron chi connectivity index (χ1n) is 6.82. The van der Waals surface area contributed by atoms with Crippen molar-refractivity contribution in [2.75, 3.05) is 6.61 Å². The number of imidazole rings is 1. The number of fused-ring (bicyclic) bond motifs is 1. The monoisotopic (exact) mass is 267 g/mol. The molecule has 4 nitrogen and oxygen atoms in total. The Morgan fingerprint density at radius 1 is 1.10 bits per heavy atom. The molecule has 4 heteroatoms. The van der Waals surface area contributed by atoms with Crippen molar-refractivity contribution in [3.63, 3.8) is 0 Å². The summed E-state index contributed by atoms with van der Waals surface area (Å²) in [5, 5.41) is 4.41. The van der Waals surface area contributed by atoms with Crippen LogP contribution in [0.15, 0.2) is 42.6 Å². The minimum Gasteiger partial charge on any atom is -0.477 e. The van der Waals surface area contributed by atoms with E-state index in [0.29, 0.717) is 12.5 Å². The zero-order chi connectivity index (χ0) is 13.9. The van der Waals surface area contributed by atoms with E-state index in [0.717, 1.165) is 23.3 Å². The summed E-state index contributed by atoms with van der Waals surface area (Å²) in [6.07, 6.45) is 2.90. The Morgan fingerprint density at radius 3 is 2.65 bits per heavy atom. The number of hydrogen-bond donors (Lipinski definition) is 0. The summed E-state index contributed by atoms with van der Waals surface area (Å²) in [6, 6.07) is 12.1. The maximum Gasteiger partial charge on any atom is 0.231 e. The fourth-order valence-electron chi connectivity index (χ4n) is 2.01. The molecule has 0 unspecified atom stereocenters. The van der Waals surface area contributed by atoms with E-state index in [2.05, 4.69) is 48.2 Å². The first kappa shape index (κ1) is 12.7. The molecule has 0 saturated heterocycles. The van der Waals surface area contributed by atoms with Gasteiger partial charge in [0, 0.05) is 11.6 Å². The van der Waals surface area contributed by atoms with Crippen LogP contribution in [0.4, 0.5) is 0 Å². The molecule has 0 N–H and O–H groups in total. The van der Waals surface area contributed by atoms with Gasteiger partial charge in [0.2, 0.25) is 5.88 Å². The topological polar surface area (TPSA) is 39.4 Å². The molecule has 0 aliphatic heterocycles. The standard InChI is InChI=1S/C16H17N3O/c1-3-10-20-16-9-8-15-17-14(11-19(15)18-16)13-6-4-12(2)5-7-13/h4-9,11H,3,10H2,1-2H3.